The molecular formula is C26H21BrClN5OS. The first kappa shape index (κ1) is 22.5. The van der Waals surface area contributed by atoms with Crippen LogP contribution in [0.25, 0.3) is 27.0 Å². The van der Waals surface area contributed by atoms with E-state index in [9.17, 15) is 4.79 Å². The van der Waals surface area contributed by atoms with Crippen molar-refractivity contribution in [2.45, 2.75) is 18.9 Å². The Bertz CT molecular complexity index is 1520. The van der Waals surface area contributed by atoms with Crippen molar-refractivity contribution in [3.05, 3.63) is 81.2 Å². The Labute approximate surface area is 219 Å². The van der Waals surface area contributed by atoms with Crippen LogP contribution < -0.4 is 5.32 Å². The van der Waals surface area contributed by atoms with Gasteiger partial charge in [-0.3, -0.25) is 4.79 Å². The number of hydrogen-bond acceptors (Lipinski definition) is 5. The topological polar surface area (TPSA) is 62.5 Å². The Morgan fingerprint density at radius 3 is 2.66 bits per heavy atom. The van der Waals surface area contributed by atoms with Crippen LogP contribution in [0.15, 0.2) is 71.3 Å². The molecule has 1 amide bonds. The first-order chi connectivity index (χ1) is 17.1. The third-order valence-electron chi connectivity index (χ3n) is 6.35. The second-order valence-corrected chi connectivity index (χ2v) is 10.9. The average molecular weight is 567 g/mol. The minimum Gasteiger partial charge on any atom is -0.367 e. The minimum atomic E-state index is 0.118. The summed E-state index contributed by atoms with van der Waals surface area (Å²) in [4.78, 5) is 20.7. The number of piperidine rings is 1. The number of carbonyl (C=O) groups is 1. The van der Waals surface area contributed by atoms with Crippen LogP contribution in [0, 0.1) is 0 Å². The van der Waals surface area contributed by atoms with Crippen molar-refractivity contribution >= 4 is 66.3 Å². The fourth-order valence-corrected chi connectivity index (χ4v) is 6.14. The zero-order valence-electron chi connectivity index (χ0n) is 18.6. The summed E-state index contributed by atoms with van der Waals surface area (Å²) in [7, 11) is 0. The molecule has 1 aliphatic heterocycles. The van der Waals surface area contributed by atoms with E-state index in [1.165, 1.54) is 0 Å². The molecule has 0 unspecified atom stereocenters. The molecule has 176 valence electrons. The Balaban J connectivity index is 1.21. The summed E-state index contributed by atoms with van der Waals surface area (Å²) in [5, 5.41) is 9.92. The van der Waals surface area contributed by atoms with Crippen molar-refractivity contribution in [1.82, 2.24) is 19.5 Å². The highest BCUT2D eigenvalue weighted by molar-refractivity contribution is 9.10. The van der Waals surface area contributed by atoms with Gasteiger partial charge in [0.1, 0.15) is 5.82 Å². The summed E-state index contributed by atoms with van der Waals surface area (Å²) in [6.07, 6.45) is 3.45. The van der Waals surface area contributed by atoms with Crippen LogP contribution in [0.1, 0.15) is 22.5 Å². The van der Waals surface area contributed by atoms with E-state index in [0.29, 0.717) is 18.1 Å². The van der Waals surface area contributed by atoms with Gasteiger partial charge in [0, 0.05) is 40.5 Å². The molecule has 9 heteroatoms. The third-order valence-corrected chi connectivity index (χ3v) is 8.34. The summed E-state index contributed by atoms with van der Waals surface area (Å²) in [5.41, 5.74) is 2.38. The molecule has 3 aromatic heterocycles. The predicted octanol–water partition coefficient (Wildman–Crippen LogP) is 6.74. The third kappa shape index (κ3) is 4.30. The number of anilines is 1. The first-order valence-electron chi connectivity index (χ1n) is 11.4. The van der Waals surface area contributed by atoms with E-state index < -0.39 is 0 Å². The molecule has 1 fully saturated rings. The predicted molar refractivity (Wildman–Crippen MR) is 146 cm³/mol. The highest BCUT2D eigenvalue weighted by Gasteiger charge is 2.26. The van der Waals surface area contributed by atoms with Gasteiger partial charge >= 0.3 is 0 Å². The maximum absolute atomic E-state index is 13.1. The van der Waals surface area contributed by atoms with E-state index in [1.807, 2.05) is 53.4 Å². The van der Waals surface area contributed by atoms with E-state index in [1.54, 1.807) is 22.0 Å². The summed E-state index contributed by atoms with van der Waals surface area (Å²) >= 11 is 11.6. The smallest absolute Gasteiger partial charge is 0.263 e. The molecule has 6 nitrogen and oxygen atoms in total. The number of likely N-dealkylation sites (tertiary alicyclic amines) is 1. The fourth-order valence-electron chi connectivity index (χ4n) is 4.52. The molecule has 0 saturated carbocycles. The van der Waals surface area contributed by atoms with Gasteiger partial charge in [0.2, 0.25) is 0 Å². The molecule has 1 N–H and O–H groups in total. The molecule has 1 saturated heterocycles. The molecule has 1 aliphatic rings. The number of benzene rings is 2. The molecule has 6 rings (SSSR count). The molecule has 5 aromatic rings. The maximum atomic E-state index is 13.1. The number of hydrogen-bond donors (Lipinski definition) is 1. The van der Waals surface area contributed by atoms with Crippen LogP contribution in [0.2, 0.25) is 5.02 Å². The SMILES string of the molecule is O=C(c1cc2ccccc2s1)N1CCC(Nc2cc(-c3ccccc3Cl)nc3c(Br)cnn23)CC1. The lowest BCUT2D eigenvalue weighted by Crippen LogP contribution is -2.42. The summed E-state index contributed by atoms with van der Waals surface area (Å²) in [6.45, 7) is 1.41. The normalized spacial score (nSPS) is 14.6. The van der Waals surface area contributed by atoms with Crippen LogP contribution in [-0.2, 0) is 0 Å². The van der Waals surface area contributed by atoms with E-state index in [4.69, 9.17) is 16.6 Å². The molecule has 0 radical (unpaired) electrons. The number of nitrogens with one attached hydrogen (secondary N) is 1. The first-order valence-corrected chi connectivity index (χ1v) is 13.4. The van der Waals surface area contributed by atoms with Crippen molar-refractivity contribution in [2.24, 2.45) is 0 Å². The number of nitrogens with zero attached hydrogens (tertiary/aromatic N) is 4. The van der Waals surface area contributed by atoms with Crippen LogP contribution >= 0.6 is 38.9 Å². The van der Waals surface area contributed by atoms with Crippen molar-refractivity contribution in [3.63, 3.8) is 0 Å². The van der Waals surface area contributed by atoms with E-state index in [2.05, 4.69) is 38.5 Å². The second-order valence-electron chi connectivity index (χ2n) is 8.59. The van der Waals surface area contributed by atoms with Gasteiger partial charge in [0.15, 0.2) is 5.65 Å². The van der Waals surface area contributed by atoms with Crippen LogP contribution in [0.4, 0.5) is 5.82 Å². The van der Waals surface area contributed by atoms with Gasteiger partial charge < -0.3 is 10.2 Å². The Morgan fingerprint density at radius 2 is 1.86 bits per heavy atom. The number of rotatable bonds is 4. The fraction of sp³-hybridized carbons (Fsp3) is 0.192. The number of aromatic nitrogens is 3. The summed E-state index contributed by atoms with van der Waals surface area (Å²) < 4.78 is 3.77. The maximum Gasteiger partial charge on any atom is 0.263 e. The number of carbonyl (C=O) groups excluding carboxylic acids is 1. The lowest BCUT2D eigenvalue weighted by Gasteiger charge is -2.32. The highest BCUT2D eigenvalue weighted by atomic mass is 79.9. The van der Waals surface area contributed by atoms with Crippen LogP contribution in [0.3, 0.4) is 0 Å². The Kier molecular flexibility index (Phi) is 5.96. The number of amides is 1. The van der Waals surface area contributed by atoms with Crippen molar-refractivity contribution in [2.75, 3.05) is 18.4 Å². The van der Waals surface area contributed by atoms with Crippen molar-refractivity contribution in [3.8, 4) is 11.3 Å². The van der Waals surface area contributed by atoms with E-state index in [-0.39, 0.29) is 11.9 Å². The molecule has 0 aliphatic carbocycles. The summed E-state index contributed by atoms with van der Waals surface area (Å²) in [5.74, 6) is 0.970. The molecule has 0 bridgehead atoms. The highest BCUT2D eigenvalue weighted by Crippen LogP contribution is 2.31. The standard InChI is InChI=1S/C26H21BrClN5OS/c27-19-15-29-33-24(14-21(31-25(19)33)18-6-2-3-7-20(18)28)30-17-9-11-32(12-10-17)26(34)23-13-16-5-1-4-8-22(16)35-23/h1-8,13-15,17,30H,9-12H2. The molecule has 0 spiro atoms. The number of halogens is 2. The van der Waals surface area contributed by atoms with Gasteiger partial charge in [-0.25, -0.2) is 4.98 Å². The van der Waals surface area contributed by atoms with Crippen molar-refractivity contribution in [1.29, 1.82) is 0 Å². The minimum absolute atomic E-state index is 0.118. The van der Waals surface area contributed by atoms with Gasteiger partial charge in [0.05, 0.1) is 21.2 Å². The lowest BCUT2D eigenvalue weighted by molar-refractivity contribution is 0.0723. The van der Waals surface area contributed by atoms with Crippen LogP contribution in [0.5, 0.6) is 0 Å². The molecule has 2 aromatic carbocycles. The number of thiophene rings is 1. The zero-order chi connectivity index (χ0) is 23.9. The quantitative estimate of drug-likeness (QED) is 0.262. The van der Waals surface area contributed by atoms with Gasteiger partial charge in [-0.2, -0.15) is 9.61 Å². The van der Waals surface area contributed by atoms with Crippen LogP contribution in [-0.4, -0.2) is 44.5 Å². The molecular weight excluding hydrogens is 546 g/mol. The van der Waals surface area contributed by atoms with Gasteiger partial charge in [-0.15, -0.1) is 11.3 Å². The van der Waals surface area contributed by atoms with Gasteiger partial charge in [0.25, 0.3) is 5.91 Å². The monoisotopic (exact) mass is 565 g/mol. The summed E-state index contributed by atoms with van der Waals surface area (Å²) in [6, 6.07) is 20.0. The van der Waals surface area contributed by atoms with E-state index in [0.717, 1.165) is 55.0 Å². The average Bonchev–Trinajstić information content (AvgIpc) is 3.48. The molecule has 35 heavy (non-hydrogen) atoms. The zero-order valence-corrected chi connectivity index (χ0v) is 21.8. The number of fused-ring (bicyclic) bond motifs is 2. The largest absolute Gasteiger partial charge is 0.367 e. The van der Waals surface area contributed by atoms with Crippen molar-refractivity contribution < 1.29 is 4.79 Å². The molecule has 4 heterocycles. The molecule has 0 atom stereocenters. The second kappa shape index (κ2) is 9.26. The Hall–Kier alpha value is -2.94. The van der Waals surface area contributed by atoms with Gasteiger partial charge in [-0.1, -0.05) is 48.0 Å². The van der Waals surface area contributed by atoms with E-state index >= 15 is 0 Å². The Morgan fingerprint density at radius 1 is 1.09 bits per heavy atom. The van der Waals surface area contributed by atoms with Gasteiger partial charge in [-0.05, 0) is 52.4 Å². The lowest BCUT2D eigenvalue weighted by atomic mass is 10.0.